The molecule has 3 aromatic heterocycles. The highest BCUT2D eigenvalue weighted by molar-refractivity contribution is 7.98. The van der Waals surface area contributed by atoms with Gasteiger partial charge in [0.2, 0.25) is 0 Å². The molecule has 4 aromatic rings. The van der Waals surface area contributed by atoms with Crippen LogP contribution in [0.25, 0.3) is 22.6 Å². The quantitative estimate of drug-likeness (QED) is 0.530. The van der Waals surface area contributed by atoms with Gasteiger partial charge in [-0.25, -0.2) is 14.6 Å². The van der Waals surface area contributed by atoms with E-state index in [0.29, 0.717) is 12.2 Å². The maximum atomic E-state index is 4.86. The molecule has 4 rings (SSSR count). The molecule has 0 spiro atoms. The number of imidazole rings is 1. The lowest BCUT2D eigenvalue weighted by molar-refractivity contribution is 0.305. The minimum atomic E-state index is 0.657. The van der Waals surface area contributed by atoms with Crippen molar-refractivity contribution in [3.05, 3.63) is 53.9 Å². The topological polar surface area (TPSA) is 69.6 Å². The molecule has 0 N–H and O–H groups in total. The predicted octanol–water partition coefficient (Wildman–Crippen LogP) is 3.56. The van der Waals surface area contributed by atoms with E-state index in [1.54, 1.807) is 11.8 Å². The molecule has 120 valence electrons. The van der Waals surface area contributed by atoms with E-state index >= 15 is 0 Å². The molecule has 0 radical (unpaired) electrons. The lowest BCUT2D eigenvalue weighted by Gasteiger charge is -2.08. The molecule has 0 aliphatic heterocycles. The predicted molar refractivity (Wildman–Crippen MR) is 92.9 cm³/mol. The van der Waals surface area contributed by atoms with Gasteiger partial charge in [-0.15, -0.1) is 11.8 Å². The van der Waals surface area contributed by atoms with Crippen molar-refractivity contribution >= 4 is 22.8 Å². The zero-order valence-electron chi connectivity index (χ0n) is 13.3. The summed E-state index contributed by atoms with van der Waals surface area (Å²) in [5, 5.41) is 8.91. The Kier molecular flexibility index (Phi) is 3.78. The average Bonchev–Trinajstić information content (AvgIpc) is 3.19. The smallest absolute Gasteiger partial charge is 0.173 e. The van der Waals surface area contributed by atoms with Crippen molar-refractivity contribution in [1.82, 2.24) is 24.8 Å². The summed E-state index contributed by atoms with van der Waals surface area (Å²) in [5.74, 6) is 0.754. The fourth-order valence-electron chi connectivity index (χ4n) is 2.66. The summed E-state index contributed by atoms with van der Waals surface area (Å²) in [5.41, 5.74) is 4.46. The van der Waals surface area contributed by atoms with Crippen LogP contribution in [0.1, 0.15) is 11.3 Å². The van der Waals surface area contributed by atoms with Crippen LogP contribution in [0.5, 0.6) is 0 Å². The number of hydrogen-bond donors (Lipinski definition) is 0. The van der Waals surface area contributed by atoms with Crippen LogP contribution >= 0.6 is 11.8 Å². The summed E-state index contributed by atoms with van der Waals surface area (Å²) in [6.45, 7) is 2.52. The van der Waals surface area contributed by atoms with Crippen molar-refractivity contribution < 1.29 is 4.63 Å². The third-order valence-electron chi connectivity index (χ3n) is 3.87. The van der Waals surface area contributed by atoms with Crippen LogP contribution in [-0.2, 0) is 6.54 Å². The molecule has 24 heavy (non-hydrogen) atoms. The molecule has 0 bridgehead atoms. The van der Waals surface area contributed by atoms with Crippen LogP contribution in [0.3, 0.4) is 0 Å². The van der Waals surface area contributed by atoms with Crippen LogP contribution < -0.4 is 0 Å². The summed E-state index contributed by atoms with van der Waals surface area (Å²) in [7, 11) is 0. The van der Waals surface area contributed by atoms with Crippen molar-refractivity contribution in [3.63, 3.8) is 0 Å². The molecule has 1 aromatic carbocycles. The minimum absolute atomic E-state index is 0.657. The lowest BCUT2D eigenvalue weighted by Crippen LogP contribution is -2.03. The van der Waals surface area contributed by atoms with E-state index < -0.39 is 0 Å². The van der Waals surface area contributed by atoms with Crippen molar-refractivity contribution in [1.29, 1.82) is 0 Å². The molecule has 0 unspecified atom stereocenters. The van der Waals surface area contributed by atoms with Crippen LogP contribution in [0.15, 0.2) is 52.3 Å². The van der Waals surface area contributed by atoms with Gasteiger partial charge in [-0.1, -0.05) is 23.4 Å². The van der Waals surface area contributed by atoms with Gasteiger partial charge in [-0.05, 0) is 42.1 Å². The number of fused-ring (bicyclic) bond motifs is 1. The Morgan fingerprint density at radius 1 is 1.12 bits per heavy atom. The molecule has 6 nitrogen and oxygen atoms in total. The van der Waals surface area contributed by atoms with Gasteiger partial charge in [-0.3, -0.25) is 0 Å². The Morgan fingerprint density at radius 3 is 2.71 bits per heavy atom. The molecule has 0 saturated carbocycles. The van der Waals surface area contributed by atoms with Crippen molar-refractivity contribution in [2.75, 3.05) is 6.26 Å². The first-order valence-corrected chi connectivity index (χ1v) is 8.72. The Labute approximate surface area is 142 Å². The second kappa shape index (κ2) is 6.09. The Hall–Kier alpha value is -2.67. The van der Waals surface area contributed by atoms with E-state index in [9.17, 15) is 0 Å². The Bertz CT molecular complexity index is 990. The maximum Gasteiger partial charge on any atom is 0.173 e. The van der Waals surface area contributed by atoms with Gasteiger partial charge in [-0.2, -0.15) is 0 Å². The third-order valence-corrected chi connectivity index (χ3v) is 4.53. The number of aromatic nitrogens is 5. The molecule has 0 aliphatic rings. The Morgan fingerprint density at radius 2 is 2.00 bits per heavy atom. The number of thioether (sulfide) groups is 1. The van der Waals surface area contributed by atoms with Gasteiger partial charge in [0.05, 0.1) is 22.6 Å². The normalized spacial score (nSPS) is 11.2. The van der Waals surface area contributed by atoms with E-state index in [4.69, 9.17) is 9.61 Å². The van der Waals surface area contributed by atoms with Gasteiger partial charge in [0, 0.05) is 6.20 Å². The van der Waals surface area contributed by atoms with E-state index in [0.717, 1.165) is 33.1 Å². The van der Waals surface area contributed by atoms with Gasteiger partial charge in [0.15, 0.2) is 11.5 Å². The zero-order valence-corrected chi connectivity index (χ0v) is 14.1. The average molecular weight is 337 g/mol. The minimum Gasteiger partial charge on any atom is -0.318 e. The van der Waals surface area contributed by atoms with E-state index in [1.165, 1.54) is 0 Å². The first-order chi connectivity index (χ1) is 11.8. The fraction of sp³-hybridized carbons (Fsp3) is 0.176. The number of benzene rings is 1. The van der Waals surface area contributed by atoms with Crippen molar-refractivity contribution in [3.8, 4) is 11.5 Å². The third kappa shape index (κ3) is 2.56. The monoisotopic (exact) mass is 337 g/mol. The number of hydrogen-bond acceptors (Lipinski definition) is 6. The summed E-state index contributed by atoms with van der Waals surface area (Å²) < 4.78 is 6.99. The number of pyridine rings is 1. The number of rotatable bonds is 4. The standard InChI is InChI=1S/C17H15N5OS/c1-11-16(21-23-20-11)17-19-13-5-3-4-6-14(13)22(17)10-12-7-8-15(24-2)18-9-12/h3-9H,10H2,1-2H3. The first-order valence-electron chi connectivity index (χ1n) is 7.50. The molecule has 0 fully saturated rings. The number of aryl methyl sites for hydroxylation is 1. The highest BCUT2D eigenvalue weighted by Gasteiger charge is 2.18. The summed E-state index contributed by atoms with van der Waals surface area (Å²) in [4.78, 5) is 9.17. The van der Waals surface area contributed by atoms with Crippen LogP contribution in [-0.4, -0.2) is 31.1 Å². The highest BCUT2D eigenvalue weighted by atomic mass is 32.2. The molecule has 0 atom stereocenters. The SMILES string of the molecule is CSc1ccc(Cn2c(-c3nonc3C)nc3ccccc32)cn1. The number of nitrogens with zero attached hydrogens (tertiary/aromatic N) is 5. The largest absolute Gasteiger partial charge is 0.318 e. The first kappa shape index (κ1) is 14.9. The molecule has 0 saturated heterocycles. The molecule has 7 heteroatoms. The summed E-state index contributed by atoms with van der Waals surface area (Å²) in [6, 6.07) is 12.2. The second-order valence-electron chi connectivity index (χ2n) is 5.42. The van der Waals surface area contributed by atoms with Gasteiger partial charge >= 0.3 is 0 Å². The molecule has 3 heterocycles. The van der Waals surface area contributed by atoms with Gasteiger partial charge < -0.3 is 4.57 Å². The molecular weight excluding hydrogens is 322 g/mol. The van der Waals surface area contributed by atoms with Crippen molar-refractivity contribution in [2.24, 2.45) is 0 Å². The van der Waals surface area contributed by atoms with Gasteiger partial charge in [0.1, 0.15) is 5.69 Å². The lowest BCUT2D eigenvalue weighted by atomic mass is 10.2. The molecule has 0 aliphatic carbocycles. The highest BCUT2D eigenvalue weighted by Crippen LogP contribution is 2.26. The maximum absolute atomic E-state index is 4.86. The van der Waals surface area contributed by atoms with Crippen LogP contribution in [0, 0.1) is 6.92 Å². The molecular formula is C17H15N5OS. The van der Waals surface area contributed by atoms with Crippen LogP contribution in [0.4, 0.5) is 0 Å². The Balaban J connectivity index is 1.84. The van der Waals surface area contributed by atoms with E-state index in [-0.39, 0.29) is 0 Å². The van der Waals surface area contributed by atoms with Crippen molar-refractivity contribution in [2.45, 2.75) is 18.5 Å². The summed E-state index contributed by atoms with van der Waals surface area (Å²) in [6.07, 6.45) is 3.92. The number of para-hydroxylation sites is 2. The van der Waals surface area contributed by atoms with Gasteiger partial charge in [0.25, 0.3) is 0 Å². The fourth-order valence-corrected chi connectivity index (χ4v) is 3.02. The van der Waals surface area contributed by atoms with E-state index in [2.05, 4.69) is 32.0 Å². The molecule has 0 amide bonds. The zero-order chi connectivity index (χ0) is 16.5. The second-order valence-corrected chi connectivity index (χ2v) is 6.24. The van der Waals surface area contributed by atoms with E-state index in [1.807, 2.05) is 43.6 Å². The summed E-state index contributed by atoms with van der Waals surface area (Å²) >= 11 is 1.63. The van der Waals surface area contributed by atoms with Crippen LogP contribution in [0.2, 0.25) is 0 Å².